The van der Waals surface area contributed by atoms with E-state index in [9.17, 15) is 14.7 Å². The zero-order valence-electron chi connectivity index (χ0n) is 17.3. The van der Waals surface area contributed by atoms with Gasteiger partial charge in [-0.3, -0.25) is 10.1 Å². The molecule has 4 rings (SSSR count). The minimum atomic E-state index is -1.02. The predicted octanol–water partition coefficient (Wildman–Crippen LogP) is 1.99. The molecule has 3 atom stereocenters. The number of rotatable bonds is 5. The highest BCUT2D eigenvalue weighted by Crippen LogP contribution is 2.55. The molecule has 2 aromatic carbocycles. The highest BCUT2D eigenvalue weighted by Gasteiger charge is 2.56. The Kier molecular flexibility index (Phi) is 5.03. The van der Waals surface area contributed by atoms with E-state index in [1.54, 1.807) is 11.8 Å². The summed E-state index contributed by atoms with van der Waals surface area (Å²) in [5, 5.41) is 14.0. The number of nitrogens with one attached hydrogen (secondary N) is 1. The van der Waals surface area contributed by atoms with Crippen LogP contribution in [0.25, 0.3) is 0 Å². The van der Waals surface area contributed by atoms with Crippen LogP contribution in [0.3, 0.4) is 0 Å². The van der Waals surface area contributed by atoms with Gasteiger partial charge < -0.3 is 24.2 Å². The quantitative estimate of drug-likeness (QED) is 0.573. The first-order chi connectivity index (χ1) is 14.4. The number of β-lactam (4-membered cyclic amide) rings is 1. The van der Waals surface area contributed by atoms with Crippen LogP contribution in [-0.4, -0.2) is 49.3 Å². The number of amides is 1. The first-order valence-corrected chi connectivity index (χ1v) is 9.60. The van der Waals surface area contributed by atoms with Crippen molar-refractivity contribution in [1.82, 2.24) is 10.2 Å². The number of carbonyl (C=O) groups is 2. The molecule has 2 aliphatic heterocycles. The lowest BCUT2D eigenvalue weighted by molar-refractivity contribution is -0.157. The number of ether oxygens (including phenoxy) is 3. The number of esters is 1. The Morgan fingerprint density at radius 2 is 1.77 bits per heavy atom. The van der Waals surface area contributed by atoms with Crippen LogP contribution in [0, 0.1) is 6.92 Å². The van der Waals surface area contributed by atoms with Crippen molar-refractivity contribution in [2.45, 2.75) is 31.6 Å². The Balaban J connectivity index is 1.89. The van der Waals surface area contributed by atoms with Crippen molar-refractivity contribution in [3.05, 3.63) is 52.6 Å². The Bertz CT molecular complexity index is 1010. The standard InChI is InChI=1S/C22H24N2O6/c1-11-19(28-2)14-13(18(25)20(11)29-3)15(22(27)30-4)23-16-17(14)24(21(16)26)10-12-8-6-5-7-9-12/h5-9,15-17,23,25H,10H2,1-4H3/t15-,16+,17-/m1/s1. The maximum Gasteiger partial charge on any atom is 0.327 e. The molecule has 1 saturated heterocycles. The molecule has 0 spiro atoms. The molecule has 30 heavy (non-hydrogen) atoms. The third kappa shape index (κ3) is 2.79. The smallest absolute Gasteiger partial charge is 0.327 e. The number of benzene rings is 2. The fourth-order valence-corrected chi connectivity index (χ4v) is 4.51. The van der Waals surface area contributed by atoms with Gasteiger partial charge in [-0.2, -0.15) is 0 Å². The number of nitrogens with zero attached hydrogens (tertiary/aromatic N) is 1. The van der Waals surface area contributed by atoms with Gasteiger partial charge in [0.1, 0.15) is 17.8 Å². The van der Waals surface area contributed by atoms with Crippen LogP contribution in [0.2, 0.25) is 0 Å². The van der Waals surface area contributed by atoms with E-state index in [1.807, 2.05) is 30.3 Å². The van der Waals surface area contributed by atoms with Gasteiger partial charge in [-0.15, -0.1) is 0 Å². The number of carbonyl (C=O) groups excluding carboxylic acids is 2. The topological polar surface area (TPSA) is 97.3 Å². The SMILES string of the molecule is COC(=O)[C@@H]1N[C@@H]2C(=O)N(Cc3ccccc3)[C@@H]2c2c(OC)c(C)c(OC)c(O)c21. The average Bonchev–Trinajstić information content (AvgIpc) is 2.77. The molecule has 0 aliphatic carbocycles. The molecule has 158 valence electrons. The first kappa shape index (κ1) is 20.0. The highest BCUT2D eigenvalue weighted by atomic mass is 16.5. The van der Waals surface area contributed by atoms with Crippen molar-refractivity contribution < 1.29 is 28.9 Å². The molecule has 2 N–H and O–H groups in total. The van der Waals surface area contributed by atoms with Crippen molar-refractivity contribution in [3.63, 3.8) is 0 Å². The van der Waals surface area contributed by atoms with Crippen molar-refractivity contribution in [2.75, 3.05) is 21.3 Å². The number of hydrogen-bond acceptors (Lipinski definition) is 7. The third-order valence-electron chi connectivity index (χ3n) is 5.86. The molecule has 8 nitrogen and oxygen atoms in total. The zero-order chi connectivity index (χ0) is 21.6. The van der Waals surface area contributed by atoms with Crippen LogP contribution in [0.1, 0.15) is 34.3 Å². The second-order valence-corrected chi connectivity index (χ2v) is 7.36. The monoisotopic (exact) mass is 412 g/mol. The molecule has 1 fully saturated rings. The summed E-state index contributed by atoms with van der Waals surface area (Å²) in [6, 6.07) is 7.60. The lowest BCUT2D eigenvalue weighted by Crippen LogP contribution is -2.67. The Morgan fingerprint density at radius 3 is 2.37 bits per heavy atom. The fraction of sp³-hybridized carbons (Fsp3) is 0.364. The minimum Gasteiger partial charge on any atom is -0.504 e. The van der Waals surface area contributed by atoms with Crippen LogP contribution < -0.4 is 14.8 Å². The number of phenols is 1. The molecular formula is C22H24N2O6. The van der Waals surface area contributed by atoms with Gasteiger partial charge in [-0.05, 0) is 12.5 Å². The summed E-state index contributed by atoms with van der Waals surface area (Å²) in [4.78, 5) is 27.2. The number of hydrogen-bond donors (Lipinski definition) is 2. The molecule has 0 radical (unpaired) electrons. The summed E-state index contributed by atoms with van der Waals surface area (Å²) in [7, 11) is 4.22. The number of phenolic OH excluding ortho intramolecular Hbond substituents is 1. The number of likely N-dealkylation sites (tertiary alicyclic amines) is 1. The second-order valence-electron chi connectivity index (χ2n) is 7.36. The van der Waals surface area contributed by atoms with E-state index in [0.29, 0.717) is 29.0 Å². The van der Waals surface area contributed by atoms with E-state index < -0.39 is 24.1 Å². The van der Waals surface area contributed by atoms with Crippen molar-refractivity contribution in [2.24, 2.45) is 0 Å². The van der Waals surface area contributed by atoms with Gasteiger partial charge in [0, 0.05) is 23.2 Å². The molecule has 2 heterocycles. The van der Waals surface area contributed by atoms with Crippen molar-refractivity contribution >= 4 is 11.9 Å². The molecule has 8 heteroatoms. The van der Waals surface area contributed by atoms with Crippen molar-refractivity contribution in [3.8, 4) is 17.2 Å². The summed E-state index contributed by atoms with van der Waals surface area (Å²) in [6.07, 6.45) is 0. The second kappa shape index (κ2) is 7.53. The average molecular weight is 412 g/mol. The zero-order valence-corrected chi connectivity index (χ0v) is 17.3. The van der Waals surface area contributed by atoms with Crippen molar-refractivity contribution in [1.29, 1.82) is 0 Å². The van der Waals surface area contributed by atoms with Gasteiger partial charge in [-0.25, -0.2) is 4.79 Å². The molecule has 0 saturated carbocycles. The molecule has 2 aromatic rings. The first-order valence-electron chi connectivity index (χ1n) is 9.60. The minimum absolute atomic E-state index is 0.126. The van der Waals surface area contributed by atoms with Gasteiger partial charge in [0.2, 0.25) is 5.91 Å². The van der Waals surface area contributed by atoms with E-state index in [1.165, 1.54) is 21.3 Å². The highest BCUT2D eigenvalue weighted by molar-refractivity contribution is 5.94. The number of fused-ring (bicyclic) bond motifs is 3. The number of aromatic hydroxyl groups is 1. The van der Waals surface area contributed by atoms with E-state index >= 15 is 0 Å². The summed E-state index contributed by atoms with van der Waals surface area (Å²) in [5.41, 5.74) is 2.49. The predicted molar refractivity (Wildman–Crippen MR) is 107 cm³/mol. The van der Waals surface area contributed by atoms with Crippen LogP contribution in [-0.2, 0) is 20.9 Å². The molecule has 1 amide bonds. The third-order valence-corrected chi connectivity index (χ3v) is 5.86. The van der Waals surface area contributed by atoms with E-state index in [4.69, 9.17) is 14.2 Å². The summed E-state index contributed by atoms with van der Waals surface area (Å²) < 4.78 is 16.0. The molecule has 0 unspecified atom stereocenters. The lowest BCUT2D eigenvalue weighted by Gasteiger charge is -2.52. The van der Waals surface area contributed by atoms with E-state index in [0.717, 1.165) is 5.56 Å². The molecule has 0 bridgehead atoms. The van der Waals surface area contributed by atoms with Gasteiger partial charge >= 0.3 is 5.97 Å². The Hall–Kier alpha value is -3.26. The van der Waals surface area contributed by atoms with Gasteiger partial charge in [0.15, 0.2) is 11.5 Å². The van der Waals surface area contributed by atoms with Gasteiger partial charge in [0.25, 0.3) is 0 Å². The number of methoxy groups -OCH3 is 3. The molecule has 2 aliphatic rings. The van der Waals surface area contributed by atoms with E-state index in [2.05, 4.69) is 5.32 Å². The Labute approximate surface area is 174 Å². The fourth-order valence-electron chi connectivity index (χ4n) is 4.51. The Morgan fingerprint density at radius 1 is 1.10 bits per heavy atom. The molecule has 0 aromatic heterocycles. The van der Waals surface area contributed by atoms with Crippen LogP contribution in [0.4, 0.5) is 0 Å². The van der Waals surface area contributed by atoms with Gasteiger partial charge in [0.05, 0.1) is 27.4 Å². The summed E-state index contributed by atoms with van der Waals surface area (Å²) in [5.74, 6) is -0.188. The lowest BCUT2D eigenvalue weighted by atomic mass is 9.77. The van der Waals surface area contributed by atoms with Gasteiger partial charge in [-0.1, -0.05) is 30.3 Å². The van der Waals surface area contributed by atoms with Crippen LogP contribution >= 0.6 is 0 Å². The van der Waals surface area contributed by atoms with E-state index in [-0.39, 0.29) is 17.4 Å². The molecular weight excluding hydrogens is 388 g/mol. The van der Waals surface area contributed by atoms with Crippen LogP contribution in [0.15, 0.2) is 30.3 Å². The largest absolute Gasteiger partial charge is 0.504 e. The summed E-state index contributed by atoms with van der Waals surface area (Å²) >= 11 is 0. The van der Waals surface area contributed by atoms with Crippen LogP contribution in [0.5, 0.6) is 17.2 Å². The normalized spacial score (nSPS) is 21.9. The maximum atomic E-state index is 12.9. The summed E-state index contributed by atoms with van der Waals surface area (Å²) in [6.45, 7) is 2.17. The maximum absolute atomic E-state index is 12.9.